The lowest BCUT2D eigenvalue weighted by molar-refractivity contribution is -0.174. The number of hydrogen-bond donors (Lipinski definition) is 0. The largest absolute Gasteiger partial charge is 0.411 e. The molecule has 1 heterocycles. The van der Waals surface area contributed by atoms with E-state index in [2.05, 4.69) is 32.5 Å². The minimum Gasteiger partial charge on any atom is -0.371 e. The maximum absolute atomic E-state index is 11.8. The Morgan fingerprint density at radius 3 is 2.69 bits per heavy atom. The molecule has 0 amide bonds. The molecule has 16 heavy (non-hydrogen) atoms. The van der Waals surface area contributed by atoms with Crippen molar-refractivity contribution in [2.45, 2.75) is 24.3 Å². The number of rotatable bonds is 4. The Hall–Kier alpha value is 0.190. The highest BCUT2D eigenvalue weighted by molar-refractivity contribution is 9.09. The monoisotopic (exact) mass is 303 g/mol. The van der Waals surface area contributed by atoms with Gasteiger partial charge in [0.15, 0.2) is 0 Å². The summed E-state index contributed by atoms with van der Waals surface area (Å²) in [5, 5.41) is 0. The molecule has 0 bridgehead atoms. The summed E-state index contributed by atoms with van der Waals surface area (Å²) in [5.41, 5.74) is 0. The fourth-order valence-corrected chi connectivity index (χ4v) is 2.16. The number of piperidine rings is 1. The maximum Gasteiger partial charge on any atom is 0.411 e. The Bertz CT molecular complexity index is 213. The molecule has 1 aliphatic heterocycles. The van der Waals surface area contributed by atoms with E-state index in [-0.39, 0.29) is 6.61 Å². The van der Waals surface area contributed by atoms with Crippen molar-refractivity contribution in [2.24, 2.45) is 5.92 Å². The zero-order chi connectivity index (χ0) is 12.2. The number of halogens is 4. The number of alkyl halides is 4. The minimum absolute atomic E-state index is 0.152. The third kappa shape index (κ3) is 5.50. The van der Waals surface area contributed by atoms with Gasteiger partial charge in [-0.1, -0.05) is 22.9 Å². The van der Waals surface area contributed by atoms with Gasteiger partial charge >= 0.3 is 6.18 Å². The molecule has 0 aromatic carbocycles. The van der Waals surface area contributed by atoms with Crippen LogP contribution >= 0.6 is 15.9 Å². The molecule has 2 atom stereocenters. The number of nitrogens with zero attached hydrogens (tertiary/aromatic N) is 1. The lowest BCUT2D eigenvalue weighted by atomic mass is 10.0. The van der Waals surface area contributed by atoms with Crippen LogP contribution in [-0.4, -0.2) is 48.8 Å². The van der Waals surface area contributed by atoms with Crippen LogP contribution in [0.2, 0.25) is 0 Å². The molecule has 1 fully saturated rings. The van der Waals surface area contributed by atoms with Gasteiger partial charge in [-0.25, -0.2) is 0 Å². The third-order valence-corrected chi connectivity index (χ3v) is 4.06. The predicted molar refractivity (Wildman–Crippen MR) is 59.8 cm³/mol. The van der Waals surface area contributed by atoms with Crippen LogP contribution in [0.15, 0.2) is 0 Å². The van der Waals surface area contributed by atoms with E-state index in [9.17, 15) is 13.2 Å². The molecule has 1 aliphatic rings. The Kier molecular flexibility index (Phi) is 5.53. The van der Waals surface area contributed by atoms with Crippen molar-refractivity contribution in [1.82, 2.24) is 4.90 Å². The Labute approximate surface area is 102 Å². The van der Waals surface area contributed by atoms with Crippen LogP contribution in [0.25, 0.3) is 0 Å². The highest BCUT2D eigenvalue weighted by atomic mass is 79.9. The van der Waals surface area contributed by atoms with Crippen LogP contribution in [0, 0.1) is 5.92 Å². The molecular formula is C10H17BrF3NO. The number of hydrogen-bond acceptors (Lipinski definition) is 2. The maximum atomic E-state index is 11.8. The Morgan fingerprint density at radius 2 is 2.12 bits per heavy atom. The highest BCUT2D eigenvalue weighted by Crippen LogP contribution is 2.23. The van der Waals surface area contributed by atoms with E-state index in [1.807, 2.05) is 0 Å². The molecule has 0 aromatic heterocycles. The lowest BCUT2D eigenvalue weighted by Crippen LogP contribution is -2.41. The fraction of sp³-hybridized carbons (Fsp3) is 1.00. The van der Waals surface area contributed by atoms with Crippen LogP contribution in [0.5, 0.6) is 0 Å². The average Bonchev–Trinajstić information content (AvgIpc) is 2.17. The summed E-state index contributed by atoms with van der Waals surface area (Å²) >= 11 is 3.58. The normalized spacial score (nSPS) is 28.3. The Balaban J connectivity index is 2.10. The quantitative estimate of drug-likeness (QED) is 0.585. The Morgan fingerprint density at radius 1 is 1.44 bits per heavy atom. The van der Waals surface area contributed by atoms with Gasteiger partial charge in [0.1, 0.15) is 6.61 Å². The molecule has 0 spiro atoms. The van der Waals surface area contributed by atoms with Crippen molar-refractivity contribution in [1.29, 1.82) is 0 Å². The minimum atomic E-state index is -4.21. The van der Waals surface area contributed by atoms with Crippen molar-refractivity contribution >= 4 is 15.9 Å². The van der Waals surface area contributed by atoms with Crippen molar-refractivity contribution < 1.29 is 17.9 Å². The zero-order valence-corrected chi connectivity index (χ0v) is 10.9. The van der Waals surface area contributed by atoms with Gasteiger partial charge in [-0.15, -0.1) is 0 Å². The second kappa shape index (κ2) is 6.21. The van der Waals surface area contributed by atoms with E-state index in [0.717, 1.165) is 19.5 Å². The summed E-state index contributed by atoms with van der Waals surface area (Å²) in [6, 6.07) is 0. The van der Waals surface area contributed by atoms with Crippen molar-refractivity contribution in [2.75, 3.05) is 32.8 Å². The van der Waals surface area contributed by atoms with E-state index >= 15 is 0 Å². The van der Waals surface area contributed by atoms with E-state index in [1.165, 1.54) is 0 Å². The highest BCUT2D eigenvalue weighted by Gasteiger charge is 2.28. The molecule has 0 aromatic rings. The molecule has 1 saturated heterocycles. The van der Waals surface area contributed by atoms with Crippen molar-refractivity contribution in [3.8, 4) is 0 Å². The SMILES string of the molecule is CC1CN(CCOCC(F)(F)F)CCC1Br. The molecule has 0 saturated carbocycles. The van der Waals surface area contributed by atoms with Crippen LogP contribution < -0.4 is 0 Å². The first-order chi connectivity index (χ1) is 7.38. The van der Waals surface area contributed by atoms with Crippen molar-refractivity contribution in [3.05, 3.63) is 0 Å². The van der Waals surface area contributed by atoms with E-state index in [4.69, 9.17) is 0 Å². The zero-order valence-electron chi connectivity index (χ0n) is 9.26. The van der Waals surface area contributed by atoms with Crippen LogP contribution in [0.3, 0.4) is 0 Å². The van der Waals surface area contributed by atoms with E-state index < -0.39 is 12.8 Å². The summed E-state index contributed by atoms with van der Waals surface area (Å²) < 4.78 is 40.0. The fourth-order valence-electron chi connectivity index (χ4n) is 1.79. The molecule has 6 heteroatoms. The molecule has 2 nitrogen and oxygen atoms in total. The van der Waals surface area contributed by atoms with E-state index in [0.29, 0.717) is 17.3 Å². The van der Waals surface area contributed by atoms with Gasteiger partial charge in [-0.3, -0.25) is 0 Å². The first kappa shape index (κ1) is 14.3. The standard InChI is InChI=1S/C10H17BrF3NO/c1-8-6-15(3-2-9(8)11)4-5-16-7-10(12,13)14/h8-9H,2-7H2,1H3. The molecule has 1 rings (SSSR count). The third-order valence-electron chi connectivity index (χ3n) is 2.70. The predicted octanol–water partition coefficient (Wildman–Crippen LogP) is 2.67. The van der Waals surface area contributed by atoms with Crippen LogP contribution in [-0.2, 0) is 4.74 Å². The number of likely N-dealkylation sites (tertiary alicyclic amines) is 1. The topological polar surface area (TPSA) is 12.5 Å². The van der Waals surface area contributed by atoms with Crippen LogP contribution in [0.4, 0.5) is 13.2 Å². The van der Waals surface area contributed by atoms with Gasteiger partial charge in [0, 0.05) is 17.9 Å². The smallest absolute Gasteiger partial charge is 0.371 e. The van der Waals surface area contributed by atoms with Crippen LogP contribution in [0.1, 0.15) is 13.3 Å². The summed E-state index contributed by atoms with van der Waals surface area (Å²) in [7, 11) is 0. The summed E-state index contributed by atoms with van der Waals surface area (Å²) in [4.78, 5) is 2.68. The molecule has 0 aliphatic carbocycles. The first-order valence-corrected chi connectivity index (χ1v) is 6.31. The molecule has 0 N–H and O–H groups in total. The summed E-state index contributed by atoms with van der Waals surface area (Å²) in [6.45, 7) is 3.58. The molecule has 96 valence electrons. The van der Waals surface area contributed by atoms with Gasteiger partial charge in [0.05, 0.1) is 6.61 Å². The first-order valence-electron chi connectivity index (χ1n) is 5.39. The summed E-state index contributed by atoms with van der Waals surface area (Å²) in [5.74, 6) is 0.538. The van der Waals surface area contributed by atoms with Gasteiger partial charge in [-0.2, -0.15) is 13.2 Å². The van der Waals surface area contributed by atoms with Gasteiger partial charge < -0.3 is 9.64 Å². The van der Waals surface area contributed by atoms with Gasteiger partial charge in [0.2, 0.25) is 0 Å². The second-order valence-corrected chi connectivity index (χ2v) is 5.43. The second-order valence-electron chi connectivity index (χ2n) is 4.25. The molecule has 0 radical (unpaired) electrons. The summed E-state index contributed by atoms with van der Waals surface area (Å²) in [6.07, 6.45) is -3.17. The van der Waals surface area contributed by atoms with Gasteiger partial charge in [0.25, 0.3) is 0 Å². The van der Waals surface area contributed by atoms with Crippen molar-refractivity contribution in [3.63, 3.8) is 0 Å². The van der Waals surface area contributed by atoms with Gasteiger partial charge in [-0.05, 0) is 18.9 Å². The van der Waals surface area contributed by atoms with E-state index in [1.54, 1.807) is 0 Å². The number of ether oxygens (including phenoxy) is 1. The molecular weight excluding hydrogens is 287 g/mol. The average molecular weight is 304 g/mol. The lowest BCUT2D eigenvalue weighted by Gasteiger charge is -2.34. The molecule has 2 unspecified atom stereocenters.